The summed E-state index contributed by atoms with van der Waals surface area (Å²) in [5.74, 6) is -3.38. The molecule has 2 atom stereocenters. The summed E-state index contributed by atoms with van der Waals surface area (Å²) in [5, 5.41) is 10.6. The molecule has 0 spiro atoms. The van der Waals surface area contributed by atoms with Gasteiger partial charge in [0.2, 0.25) is 0 Å². The number of carbonyl (C=O) groups excluding carboxylic acids is 2. The van der Waals surface area contributed by atoms with Gasteiger partial charge in [0.25, 0.3) is 0 Å². The first kappa shape index (κ1) is 16.7. The van der Waals surface area contributed by atoms with E-state index in [1.165, 1.54) is 5.32 Å². The number of esters is 1. The van der Waals surface area contributed by atoms with Crippen LogP contribution in [0.25, 0.3) is 0 Å². The van der Waals surface area contributed by atoms with Gasteiger partial charge in [0.15, 0.2) is 6.04 Å². The van der Waals surface area contributed by atoms with E-state index in [4.69, 9.17) is 0 Å². The SMILES string of the molecule is CCCCOC(=O)[C@@H](NC(=O)C(F)(F)F)C(C)O. The molecule has 0 aromatic rings. The van der Waals surface area contributed by atoms with Gasteiger partial charge in [-0.1, -0.05) is 13.3 Å². The minimum Gasteiger partial charge on any atom is -0.464 e. The molecule has 0 aliphatic carbocycles. The lowest BCUT2D eigenvalue weighted by Crippen LogP contribution is -2.52. The number of unbranched alkanes of at least 4 members (excludes halogenated alkanes) is 1. The summed E-state index contributed by atoms with van der Waals surface area (Å²) in [6.45, 7) is 2.95. The maximum atomic E-state index is 12.0. The molecule has 0 aromatic heterocycles. The van der Waals surface area contributed by atoms with Gasteiger partial charge in [-0.3, -0.25) is 4.79 Å². The van der Waals surface area contributed by atoms with Crippen LogP contribution in [0.1, 0.15) is 26.7 Å². The number of aliphatic hydroxyl groups is 1. The van der Waals surface area contributed by atoms with E-state index >= 15 is 0 Å². The summed E-state index contributed by atoms with van der Waals surface area (Å²) in [5.41, 5.74) is 0. The van der Waals surface area contributed by atoms with Gasteiger partial charge in [-0.15, -0.1) is 0 Å². The van der Waals surface area contributed by atoms with Gasteiger partial charge in [-0.05, 0) is 13.3 Å². The molecule has 0 rings (SSSR count). The summed E-state index contributed by atoms with van der Waals surface area (Å²) >= 11 is 0. The number of aliphatic hydroxyl groups excluding tert-OH is 1. The molecule has 18 heavy (non-hydrogen) atoms. The summed E-state index contributed by atoms with van der Waals surface area (Å²) in [4.78, 5) is 22.0. The summed E-state index contributed by atoms with van der Waals surface area (Å²) < 4.78 is 40.6. The average Bonchev–Trinajstić information content (AvgIpc) is 2.23. The standard InChI is InChI=1S/C10H16F3NO4/c1-3-4-5-18-8(16)7(6(2)15)14-9(17)10(11,12)13/h6-7,15H,3-5H2,1-2H3,(H,14,17)/t6?,7-/m0/s1. The Labute approximate surface area is 102 Å². The zero-order valence-electron chi connectivity index (χ0n) is 10.1. The number of amides is 1. The largest absolute Gasteiger partial charge is 0.471 e. The summed E-state index contributed by atoms with van der Waals surface area (Å²) in [6, 6.07) is -1.73. The number of halogens is 3. The molecule has 1 unspecified atom stereocenters. The quantitative estimate of drug-likeness (QED) is 0.552. The van der Waals surface area contributed by atoms with E-state index in [1.54, 1.807) is 0 Å². The third kappa shape index (κ3) is 5.85. The van der Waals surface area contributed by atoms with E-state index in [0.29, 0.717) is 6.42 Å². The van der Waals surface area contributed by atoms with Crippen molar-refractivity contribution in [2.75, 3.05) is 6.61 Å². The molecule has 0 aromatic carbocycles. The second-order valence-electron chi connectivity index (χ2n) is 3.71. The second-order valence-corrected chi connectivity index (χ2v) is 3.71. The summed E-state index contributed by atoms with van der Waals surface area (Å²) in [6.07, 6.45) is -5.31. The van der Waals surface area contributed by atoms with Crippen molar-refractivity contribution in [3.63, 3.8) is 0 Å². The van der Waals surface area contributed by atoms with E-state index in [2.05, 4.69) is 4.74 Å². The molecule has 1 amide bonds. The van der Waals surface area contributed by atoms with Crippen molar-refractivity contribution in [1.82, 2.24) is 5.32 Å². The molecule has 0 saturated carbocycles. The molecule has 0 aliphatic heterocycles. The highest BCUT2D eigenvalue weighted by Crippen LogP contribution is 2.15. The fraction of sp³-hybridized carbons (Fsp3) is 0.800. The lowest BCUT2D eigenvalue weighted by molar-refractivity contribution is -0.177. The van der Waals surface area contributed by atoms with E-state index in [9.17, 15) is 27.9 Å². The third-order valence-electron chi connectivity index (χ3n) is 2.02. The van der Waals surface area contributed by atoms with Crippen LogP contribution in [-0.4, -0.2) is 41.9 Å². The van der Waals surface area contributed by atoms with Crippen molar-refractivity contribution in [1.29, 1.82) is 0 Å². The third-order valence-corrected chi connectivity index (χ3v) is 2.02. The normalized spacial score (nSPS) is 14.8. The Morgan fingerprint density at radius 2 is 1.94 bits per heavy atom. The van der Waals surface area contributed by atoms with Gasteiger partial charge in [-0.25, -0.2) is 4.79 Å². The van der Waals surface area contributed by atoms with E-state index in [-0.39, 0.29) is 6.61 Å². The number of rotatable bonds is 6. The van der Waals surface area contributed by atoms with Gasteiger partial charge in [0.1, 0.15) is 0 Å². The highest BCUT2D eigenvalue weighted by Gasteiger charge is 2.42. The van der Waals surface area contributed by atoms with Crippen LogP contribution >= 0.6 is 0 Å². The zero-order chi connectivity index (χ0) is 14.3. The van der Waals surface area contributed by atoms with Crippen molar-refractivity contribution in [3.05, 3.63) is 0 Å². The predicted molar refractivity (Wildman–Crippen MR) is 55.5 cm³/mol. The number of ether oxygens (including phenoxy) is 1. The molecular formula is C10H16F3NO4. The van der Waals surface area contributed by atoms with Crippen LogP contribution in [0.2, 0.25) is 0 Å². The minimum atomic E-state index is -5.11. The second kappa shape index (κ2) is 7.20. The topological polar surface area (TPSA) is 75.6 Å². The monoisotopic (exact) mass is 271 g/mol. The molecule has 8 heteroatoms. The van der Waals surface area contributed by atoms with Crippen LogP contribution in [0, 0.1) is 0 Å². The van der Waals surface area contributed by atoms with Gasteiger partial charge in [-0.2, -0.15) is 13.2 Å². The van der Waals surface area contributed by atoms with Crippen LogP contribution in [0.4, 0.5) is 13.2 Å². The maximum Gasteiger partial charge on any atom is 0.471 e. The summed E-state index contributed by atoms with van der Waals surface area (Å²) in [7, 11) is 0. The number of hydrogen-bond donors (Lipinski definition) is 2. The smallest absolute Gasteiger partial charge is 0.464 e. The highest BCUT2D eigenvalue weighted by molar-refractivity contribution is 5.87. The van der Waals surface area contributed by atoms with Crippen LogP contribution in [0.15, 0.2) is 0 Å². The van der Waals surface area contributed by atoms with E-state index < -0.39 is 30.2 Å². The molecule has 0 fully saturated rings. The van der Waals surface area contributed by atoms with E-state index in [1.807, 2.05) is 6.92 Å². The molecule has 2 N–H and O–H groups in total. The van der Waals surface area contributed by atoms with Gasteiger partial charge in [0, 0.05) is 0 Å². The maximum absolute atomic E-state index is 12.0. The molecule has 5 nitrogen and oxygen atoms in total. The average molecular weight is 271 g/mol. The fourth-order valence-electron chi connectivity index (χ4n) is 1.01. The van der Waals surface area contributed by atoms with Crippen LogP contribution < -0.4 is 5.32 Å². The molecule has 0 aliphatic rings. The van der Waals surface area contributed by atoms with Crippen LogP contribution in [0.5, 0.6) is 0 Å². The molecule has 0 saturated heterocycles. The molecule has 0 heterocycles. The number of carbonyl (C=O) groups is 2. The van der Waals surface area contributed by atoms with Crippen molar-refractivity contribution in [2.24, 2.45) is 0 Å². The van der Waals surface area contributed by atoms with Crippen LogP contribution in [0.3, 0.4) is 0 Å². The number of nitrogens with one attached hydrogen (secondary N) is 1. The lowest BCUT2D eigenvalue weighted by Gasteiger charge is -2.20. The Kier molecular flexibility index (Phi) is 6.67. The van der Waals surface area contributed by atoms with Crippen LogP contribution in [-0.2, 0) is 14.3 Å². The van der Waals surface area contributed by atoms with Gasteiger partial charge < -0.3 is 15.2 Å². The highest BCUT2D eigenvalue weighted by atomic mass is 19.4. The first-order chi connectivity index (χ1) is 8.20. The van der Waals surface area contributed by atoms with E-state index in [0.717, 1.165) is 13.3 Å². The lowest BCUT2D eigenvalue weighted by atomic mass is 10.2. The Hall–Kier alpha value is -1.31. The number of hydrogen-bond acceptors (Lipinski definition) is 4. The molecule has 0 bridgehead atoms. The van der Waals surface area contributed by atoms with Crippen molar-refractivity contribution < 1.29 is 32.6 Å². The Balaban J connectivity index is 4.48. The van der Waals surface area contributed by atoms with Crippen molar-refractivity contribution in [2.45, 2.75) is 45.0 Å². The fourth-order valence-corrected chi connectivity index (χ4v) is 1.01. The predicted octanol–water partition coefficient (Wildman–Crippen LogP) is 0.758. The van der Waals surface area contributed by atoms with Gasteiger partial charge in [0.05, 0.1) is 12.7 Å². The van der Waals surface area contributed by atoms with Crippen molar-refractivity contribution in [3.8, 4) is 0 Å². The first-order valence-corrected chi connectivity index (χ1v) is 5.42. The zero-order valence-corrected chi connectivity index (χ0v) is 10.1. The molecule has 106 valence electrons. The molecular weight excluding hydrogens is 255 g/mol. The Morgan fingerprint density at radius 1 is 1.39 bits per heavy atom. The Bertz CT molecular complexity index is 291. The Morgan fingerprint density at radius 3 is 2.33 bits per heavy atom. The first-order valence-electron chi connectivity index (χ1n) is 5.42. The van der Waals surface area contributed by atoms with Gasteiger partial charge >= 0.3 is 18.1 Å². The minimum absolute atomic E-state index is 0.0282. The molecule has 0 radical (unpaired) electrons. The van der Waals surface area contributed by atoms with Crippen molar-refractivity contribution >= 4 is 11.9 Å². The number of alkyl halides is 3.